The second-order valence-corrected chi connectivity index (χ2v) is 5.34. The Morgan fingerprint density at radius 1 is 1.19 bits per heavy atom. The van der Waals surface area contributed by atoms with Crippen molar-refractivity contribution in [3.63, 3.8) is 0 Å². The van der Waals surface area contributed by atoms with Crippen molar-refractivity contribution < 1.29 is 9.30 Å². The lowest BCUT2D eigenvalue weighted by molar-refractivity contribution is -0.671. The third kappa shape index (κ3) is 5.11. The Labute approximate surface area is 126 Å². The molecule has 5 heteroatoms. The van der Waals surface area contributed by atoms with Gasteiger partial charge in [-0.2, -0.15) is 0 Å². The summed E-state index contributed by atoms with van der Waals surface area (Å²) >= 11 is 0. The van der Waals surface area contributed by atoms with Crippen LogP contribution in [0.25, 0.3) is 0 Å². The van der Waals surface area contributed by atoms with E-state index >= 15 is 0 Å². The molecule has 2 rings (SSSR count). The van der Waals surface area contributed by atoms with Crippen LogP contribution in [-0.2, 0) is 24.8 Å². The highest BCUT2D eigenvalue weighted by Crippen LogP contribution is 2.17. The predicted molar refractivity (Wildman–Crippen MR) is 84.6 cm³/mol. The quantitative estimate of drug-likeness (QED) is 0.440. The largest absolute Gasteiger partial charge is 0.399 e. The van der Waals surface area contributed by atoms with Crippen LogP contribution in [0.3, 0.4) is 0 Å². The zero-order valence-electron chi connectivity index (χ0n) is 12.7. The fourth-order valence-corrected chi connectivity index (χ4v) is 2.29. The molecule has 0 atom stereocenters. The van der Waals surface area contributed by atoms with Gasteiger partial charge in [0.25, 0.3) is 0 Å². The normalized spacial score (nSPS) is 10.9. The molecule has 1 aromatic carbocycles. The standard InChI is InChI=1S/C16H25N4O/c1-19-8-9-20(13-19)7-3-11-21-10-2-4-14-5-6-15(17)12-16(14)18/h5-6,8-9,12-13H,2-4,7,10-11,17-18H2,1H3/q+1. The van der Waals surface area contributed by atoms with Crippen LogP contribution in [0.4, 0.5) is 11.4 Å². The highest BCUT2D eigenvalue weighted by molar-refractivity contribution is 5.56. The molecule has 0 bridgehead atoms. The van der Waals surface area contributed by atoms with Crippen LogP contribution < -0.4 is 16.0 Å². The van der Waals surface area contributed by atoms with Crippen LogP contribution in [-0.4, -0.2) is 17.8 Å². The average molecular weight is 289 g/mol. The van der Waals surface area contributed by atoms with E-state index in [1.165, 1.54) is 0 Å². The van der Waals surface area contributed by atoms with E-state index in [1.807, 2.05) is 36.0 Å². The van der Waals surface area contributed by atoms with Crippen molar-refractivity contribution in [3.05, 3.63) is 42.5 Å². The van der Waals surface area contributed by atoms with Crippen molar-refractivity contribution in [2.45, 2.75) is 25.8 Å². The number of aryl methyl sites for hydroxylation is 3. The third-order valence-electron chi connectivity index (χ3n) is 3.43. The number of aromatic nitrogens is 2. The molecule has 0 aliphatic rings. The van der Waals surface area contributed by atoms with Crippen molar-refractivity contribution in [2.75, 3.05) is 24.7 Å². The minimum Gasteiger partial charge on any atom is -0.399 e. The topological polar surface area (TPSA) is 70.1 Å². The number of nitrogens with zero attached hydrogens (tertiary/aromatic N) is 2. The minimum absolute atomic E-state index is 0.714. The van der Waals surface area contributed by atoms with E-state index < -0.39 is 0 Å². The lowest BCUT2D eigenvalue weighted by Crippen LogP contribution is -2.23. The zero-order valence-corrected chi connectivity index (χ0v) is 12.7. The van der Waals surface area contributed by atoms with Crippen LogP contribution in [0.1, 0.15) is 18.4 Å². The summed E-state index contributed by atoms with van der Waals surface area (Å²) in [6, 6.07) is 5.70. The van der Waals surface area contributed by atoms with Crippen LogP contribution >= 0.6 is 0 Å². The highest BCUT2D eigenvalue weighted by atomic mass is 16.5. The first-order valence-electron chi connectivity index (χ1n) is 7.38. The molecule has 0 amide bonds. The molecule has 0 spiro atoms. The third-order valence-corrected chi connectivity index (χ3v) is 3.43. The summed E-state index contributed by atoms with van der Waals surface area (Å²) < 4.78 is 9.87. The Balaban J connectivity index is 1.56. The summed E-state index contributed by atoms with van der Waals surface area (Å²) in [5, 5.41) is 0. The maximum atomic E-state index is 5.92. The molecule has 0 fully saturated rings. The summed E-state index contributed by atoms with van der Waals surface area (Å²) in [6.07, 6.45) is 9.12. The summed E-state index contributed by atoms with van der Waals surface area (Å²) in [7, 11) is 2.02. The average Bonchev–Trinajstić information content (AvgIpc) is 2.85. The van der Waals surface area contributed by atoms with E-state index in [1.54, 1.807) is 0 Å². The molecule has 4 N–H and O–H groups in total. The lowest BCUT2D eigenvalue weighted by Gasteiger charge is -2.07. The number of benzene rings is 1. The van der Waals surface area contributed by atoms with Gasteiger partial charge in [0, 0.05) is 24.4 Å². The van der Waals surface area contributed by atoms with Gasteiger partial charge in [-0.15, -0.1) is 0 Å². The number of hydrogen-bond acceptors (Lipinski definition) is 3. The molecule has 0 radical (unpaired) electrons. The first-order chi connectivity index (χ1) is 10.1. The summed E-state index contributed by atoms with van der Waals surface area (Å²) in [4.78, 5) is 0. The van der Waals surface area contributed by atoms with E-state index in [4.69, 9.17) is 16.2 Å². The summed E-state index contributed by atoms with van der Waals surface area (Å²) in [6.45, 7) is 2.55. The molecular weight excluding hydrogens is 264 g/mol. The molecule has 0 aliphatic carbocycles. The van der Waals surface area contributed by atoms with E-state index in [9.17, 15) is 0 Å². The molecule has 1 aromatic heterocycles. The molecule has 2 aromatic rings. The van der Waals surface area contributed by atoms with Gasteiger partial charge in [0.15, 0.2) is 0 Å². The Hall–Kier alpha value is -2.01. The molecule has 0 saturated heterocycles. The molecule has 5 nitrogen and oxygen atoms in total. The Kier molecular flexibility index (Phi) is 5.63. The molecule has 1 heterocycles. The fraction of sp³-hybridized carbons (Fsp3) is 0.438. The van der Waals surface area contributed by atoms with Gasteiger partial charge in [0.05, 0.1) is 20.2 Å². The van der Waals surface area contributed by atoms with Crippen LogP contribution in [0.15, 0.2) is 36.9 Å². The van der Waals surface area contributed by atoms with Gasteiger partial charge in [-0.1, -0.05) is 6.07 Å². The van der Waals surface area contributed by atoms with Crippen molar-refractivity contribution >= 4 is 11.4 Å². The van der Waals surface area contributed by atoms with E-state index in [2.05, 4.69) is 17.1 Å². The smallest absolute Gasteiger partial charge is 0.243 e. The zero-order chi connectivity index (χ0) is 15.1. The second-order valence-electron chi connectivity index (χ2n) is 5.34. The number of nitrogens with two attached hydrogens (primary N) is 2. The molecule has 114 valence electrons. The Morgan fingerprint density at radius 3 is 2.71 bits per heavy atom. The van der Waals surface area contributed by atoms with Gasteiger partial charge in [-0.05, 0) is 30.5 Å². The van der Waals surface area contributed by atoms with E-state index in [-0.39, 0.29) is 0 Å². The molecule has 0 aliphatic heterocycles. The molecule has 0 unspecified atom stereocenters. The van der Waals surface area contributed by atoms with Crippen molar-refractivity contribution in [2.24, 2.45) is 7.05 Å². The van der Waals surface area contributed by atoms with Gasteiger partial charge in [-0.25, -0.2) is 9.13 Å². The Morgan fingerprint density at radius 2 is 2.00 bits per heavy atom. The predicted octanol–water partition coefficient (Wildman–Crippen LogP) is 1.52. The Bertz CT molecular complexity index is 565. The van der Waals surface area contributed by atoms with Crippen molar-refractivity contribution in [1.29, 1.82) is 0 Å². The van der Waals surface area contributed by atoms with Crippen LogP contribution in [0.2, 0.25) is 0 Å². The van der Waals surface area contributed by atoms with Crippen LogP contribution in [0, 0.1) is 0 Å². The number of anilines is 2. The highest BCUT2D eigenvalue weighted by Gasteiger charge is 2.01. The van der Waals surface area contributed by atoms with Gasteiger partial charge in [-0.3, -0.25) is 0 Å². The van der Waals surface area contributed by atoms with Gasteiger partial charge in [0.2, 0.25) is 6.33 Å². The van der Waals surface area contributed by atoms with E-state index in [0.717, 1.165) is 50.3 Å². The molecule has 0 saturated carbocycles. The first kappa shape index (κ1) is 15.4. The SMILES string of the molecule is C[n+]1ccn(CCCOCCCc2ccc(N)cc2N)c1. The number of imidazole rings is 1. The van der Waals surface area contributed by atoms with Crippen molar-refractivity contribution in [1.82, 2.24) is 4.57 Å². The molecule has 21 heavy (non-hydrogen) atoms. The summed E-state index contributed by atoms with van der Waals surface area (Å²) in [5.74, 6) is 0. The monoisotopic (exact) mass is 289 g/mol. The van der Waals surface area contributed by atoms with Crippen molar-refractivity contribution in [3.8, 4) is 0 Å². The maximum Gasteiger partial charge on any atom is 0.243 e. The van der Waals surface area contributed by atoms with Gasteiger partial charge in [0.1, 0.15) is 12.4 Å². The first-order valence-corrected chi connectivity index (χ1v) is 7.38. The second kappa shape index (κ2) is 7.69. The van der Waals surface area contributed by atoms with Gasteiger partial charge < -0.3 is 16.2 Å². The maximum absolute atomic E-state index is 5.92. The lowest BCUT2D eigenvalue weighted by atomic mass is 10.1. The fourth-order valence-electron chi connectivity index (χ4n) is 2.29. The number of hydrogen-bond donors (Lipinski definition) is 2. The van der Waals surface area contributed by atoms with Crippen LogP contribution in [0.5, 0.6) is 0 Å². The number of rotatable bonds is 8. The number of ether oxygens (including phenoxy) is 1. The van der Waals surface area contributed by atoms with Gasteiger partial charge >= 0.3 is 0 Å². The minimum atomic E-state index is 0.714. The molecular formula is C16H25N4O+. The number of nitrogen functional groups attached to an aromatic ring is 2. The van der Waals surface area contributed by atoms with E-state index in [0.29, 0.717) is 5.69 Å². The summed E-state index contributed by atoms with van der Waals surface area (Å²) in [5.41, 5.74) is 14.2.